The molecule has 1 aliphatic rings. The number of rotatable bonds is 5. The van der Waals surface area contributed by atoms with E-state index in [9.17, 15) is 13.2 Å². The lowest BCUT2D eigenvalue weighted by Gasteiger charge is -2.33. The van der Waals surface area contributed by atoms with E-state index in [1.165, 1.54) is 4.31 Å². The zero-order valence-electron chi connectivity index (χ0n) is 17.9. The average molecular weight is 435 g/mol. The summed E-state index contributed by atoms with van der Waals surface area (Å²) in [4.78, 5) is 13.0. The zero-order chi connectivity index (χ0) is 22.2. The Balaban J connectivity index is 1.63. The molecule has 5 nitrogen and oxygen atoms in total. The standard InChI is InChI=1S/C25H26N2O3S/c1-17-13-18(2)25-21-11-7-8-12-23(21)31(29,30)27(22(25)14-17)16-24(28)26-15-19(3)20-9-5-4-6-10-20/h4-14,19H,15-16H2,1-3H3,(H,26,28). The van der Waals surface area contributed by atoms with E-state index in [1.807, 2.05) is 75.4 Å². The van der Waals surface area contributed by atoms with Crippen molar-refractivity contribution >= 4 is 21.6 Å². The van der Waals surface area contributed by atoms with Gasteiger partial charge in [-0.25, -0.2) is 8.42 Å². The molecular formula is C25H26N2O3S. The van der Waals surface area contributed by atoms with Crippen molar-refractivity contribution in [3.63, 3.8) is 0 Å². The highest BCUT2D eigenvalue weighted by Gasteiger charge is 2.36. The molecule has 0 aliphatic carbocycles. The third kappa shape index (κ3) is 3.95. The minimum absolute atomic E-state index is 0.126. The van der Waals surface area contributed by atoms with Gasteiger partial charge in [-0.05, 0) is 48.6 Å². The second-order valence-electron chi connectivity index (χ2n) is 8.10. The maximum Gasteiger partial charge on any atom is 0.265 e. The summed E-state index contributed by atoms with van der Waals surface area (Å²) in [6, 6.07) is 20.8. The molecule has 0 aromatic heterocycles. The fourth-order valence-electron chi connectivity index (χ4n) is 4.16. The molecule has 3 aromatic carbocycles. The highest BCUT2D eigenvalue weighted by atomic mass is 32.2. The lowest BCUT2D eigenvalue weighted by atomic mass is 9.96. The number of sulfonamides is 1. The molecule has 1 amide bonds. The van der Waals surface area contributed by atoms with Crippen LogP contribution in [0.15, 0.2) is 71.6 Å². The highest BCUT2D eigenvalue weighted by molar-refractivity contribution is 7.93. The molecule has 1 unspecified atom stereocenters. The van der Waals surface area contributed by atoms with E-state index in [-0.39, 0.29) is 23.3 Å². The Morgan fingerprint density at radius 3 is 2.42 bits per heavy atom. The molecule has 1 heterocycles. The van der Waals surface area contributed by atoms with Crippen LogP contribution >= 0.6 is 0 Å². The SMILES string of the molecule is Cc1cc(C)c2c(c1)N(CC(=O)NCC(C)c1ccccc1)S(=O)(=O)c1ccccc1-2. The van der Waals surface area contributed by atoms with Crippen molar-refractivity contribution in [2.75, 3.05) is 17.4 Å². The summed E-state index contributed by atoms with van der Waals surface area (Å²) < 4.78 is 28.1. The lowest BCUT2D eigenvalue weighted by molar-refractivity contribution is -0.119. The third-order valence-electron chi connectivity index (χ3n) is 5.71. The van der Waals surface area contributed by atoms with Crippen molar-refractivity contribution in [1.29, 1.82) is 0 Å². The Morgan fingerprint density at radius 2 is 1.68 bits per heavy atom. The van der Waals surface area contributed by atoms with Gasteiger partial charge in [-0.2, -0.15) is 0 Å². The smallest absolute Gasteiger partial charge is 0.265 e. The van der Waals surface area contributed by atoms with Crippen LogP contribution in [0.4, 0.5) is 5.69 Å². The fourth-order valence-corrected chi connectivity index (χ4v) is 5.79. The molecule has 1 aliphatic heterocycles. The summed E-state index contributed by atoms with van der Waals surface area (Å²) >= 11 is 0. The van der Waals surface area contributed by atoms with E-state index in [4.69, 9.17) is 0 Å². The average Bonchev–Trinajstić information content (AvgIpc) is 2.75. The van der Waals surface area contributed by atoms with Crippen molar-refractivity contribution < 1.29 is 13.2 Å². The maximum atomic E-state index is 13.4. The minimum Gasteiger partial charge on any atom is -0.354 e. The number of amides is 1. The normalized spacial score (nSPS) is 15.0. The first-order chi connectivity index (χ1) is 14.8. The van der Waals surface area contributed by atoms with Crippen LogP contribution in [0.25, 0.3) is 11.1 Å². The molecule has 0 saturated carbocycles. The Bertz CT molecular complexity index is 1240. The van der Waals surface area contributed by atoms with Gasteiger partial charge in [0.2, 0.25) is 5.91 Å². The first-order valence-corrected chi connectivity index (χ1v) is 11.8. The summed E-state index contributed by atoms with van der Waals surface area (Å²) in [5, 5.41) is 2.90. The van der Waals surface area contributed by atoms with Crippen LogP contribution in [0.3, 0.4) is 0 Å². The van der Waals surface area contributed by atoms with Gasteiger partial charge < -0.3 is 5.32 Å². The van der Waals surface area contributed by atoms with Gasteiger partial charge in [0.15, 0.2) is 0 Å². The summed E-state index contributed by atoms with van der Waals surface area (Å²) in [7, 11) is -3.84. The Kier molecular flexibility index (Phi) is 5.58. The third-order valence-corrected chi connectivity index (χ3v) is 7.53. The number of aryl methyl sites for hydroxylation is 2. The predicted molar refractivity (Wildman–Crippen MR) is 124 cm³/mol. The van der Waals surface area contributed by atoms with Gasteiger partial charge in [-0.15, -0.1) is 0 Å². The van der Waals surface area contributed by atoms with E-state index >= 15 is 0 Å². The summed E-state index contributed by atoms with van der Waals surface area (Å²) in [6.45, 7) is 6.12. The molecule has 6 heteroatoms. The molecule has 3 aromatic rings. The molecule has 0 fully saturated rings. The Labute approximate surface area is 183 Å². The molecule has 31 heavy (non-hydrogen) atoms. The van der Waals surface area contributed by atoms with Gasteiger partial charge >= 0.3 is 0 Å². The first kappa shape index (κ1) is 21.1. The maximum absolute atomic E-state index is 13.4. The number of hydrogen-bond acceptors (Lipinski definition) is 3. The van der Waals surface area contributed by atoms with Crippen molar-refractivity contribution in [3.05, 3.63) is 83.4 Å². The van der Waals surface area contributed by atoms with Crippen LogP contribution < -0.4 is 9.62 Å². The summed E-state index contributed by atoms with van der Waals surface area (Å²) in [6.07, 6.45) is 0. The molecule has 160 valence electrons. The van der Waals surface area contributed by atoms with Gasteiger partial charge in [0.1, 0.15) is 6.54 Å². The number of nitrogens with zero attached hydrogens (tertiary/aromatic N) is 1. The molecule has 1 N–H and O–H groups in total. The molecule has 1 atom stereocenters. The molecule has 0 saturated heterocycles. The van der Waals surface area contributed by atoms with Crippen molar-refractivity contribution in [2.45, 2.75) is 31.6 Å². The lowest BCUT2D eigenvalue weighted by Crippen LogP contribution is -2.43. The highest BCUT2D eigenvalue weighted by Crippen LogP contribution is 2.45. The quantitative estimate of drug-likeness (QED) is 0.647. The fraction of sp³-hybridized carbons (Fsp3) is 0.240. The monoisotopic (exact) mass is 434 g/mol. The zero-order valence-corrected chi connectivity index (χ0v) is 18.7. The summed E-state index contributed by atoms with van der Waals surface area (Å²) in [5.41, 5.74) is 5.17. The van der Waals surface area contributed by atoms with Crippen molar-refractivity contribution in [3.8, 4) is 11.1 Å². The van der Waals surface area contributed by atoms with Crippen molar-refractivity contribution in [2.24, 2.45) is 0 Å². The number of hydrogen-bond donors (Lipinski definition) is 1. The van der Waals surface area contributed by atoms with Gasteiger partial charge in [-0.3, -0.25) is 9.10 Å². The number of benzene rings is 3. The van der Waals surface area contributed by atoms with Crippen molar-refractivity contribution in [1.82, 2.24) is 5.32 Å². The van der Waals surface area contributed by atoms with E-state index in [0.29, 0.717) is 17.8 Å². The van der Waals surface area contributed by atoms with E-state index in [2.05, 4.69) is 5.32 Å². The Hall–Kier alpha value is -3.12. The Morgan fingerprint density at radius 1 is 1.00 bits per heavy atom. The predicted octanol–water partition coefficient (Wildman–Crippen LogP) is 4.40. The topological polar surface area (TPSA) is 66.5 Å². The van der Waals surface area contributed by atoms with E-state index < -0.39 is 10.0 Å². The first-order valence-electron chi connectivity index (χ1n) is 10.3. The second kappa shape index (κ2) is 8.19. The van der Waals surface area contributed by atoms with Crippen LogP contribution in [0, 0.1) is 13.8 Å². The largest absolute Gasteiger partial charge is 0.354 e. The number of carbonyl (C=O) groups is 1. The number of nitrogens with one attached hydrogen (secondary N) is 1. The second-order valence-corrected chi connectivity index (χ2v) is 9.93. The van der Waals surface area contributed by atoms with Crippen LogP contribution in [-0.4, -0.2) is 27.4 Å². The van der Waals surface area contributed by atoms with Gasteiger partial charge in [0.05, 0.1) is 10.6 Å². The van der Waals surface area contributed by atoms with E-state index in [1.54, 1.807) is 12.1 Å². The molecule has 0 bridgehead atoms. The number of anilines is 1. The van der Waals surface area contributed by atoms with Gasteiger partial charge in [0.25, 0.3) is 10.0 Å². The van der Waals surface area contributed by atoms with Crippen LogP contribution in [0.1, 0.15) is 29.5 Å². The minimum atomic E-state index is -3.84. The van der Waals surface area contributed by atoms with Crippen LogP contribution in [0.2, 0.25) is 0 Å². The molecule has 0 radical (unpaired) electrons. The molecule has 4 rings (SSSR count). The van der Waals surface area contributed by atoms with Gasteiger partial charge in [-0.1, -0.05) is 61.5 Å². The molecule has 0 spiro atoms. The number of carbonyl (C=O) groups excluding carboxylic acids is 1. The van der Waals surface area contributed by atoms with Gasteiger partial charge in [0, 0.05) is 17.7 Å². The van der Waals surface area contributed by atoms with Crippen LogP contribution in [-0.2, 0) is 14.8 Å². The number of fused-ring (bicyclic) bond motifs is 3. The molecular weight excluding hydrogens is 408 g/mol. The summed E-state index contributed by atoms with van der Waals surface area (Å²) in [5.74, 6) is -0.198. The van der Waals surface area contributed by atoms with E-state index in [0.717, 1.165) is 22.3 Å². The van der Waals surface area contributed by atoms with Crippen LogP contribution in [0.5, 0.6) is 0 Å².